The number of ether oxygens (including phenoxy) is 1. The summed E-state index contributed by atoms with van der Waals surface area (Å²) < 4.78 is 5.09. The van der Waals surface area contributed by atoms with Crippen molar-refractivity contribution in [2.45, 2.75) is 0 Å². The third-order valence-corrected chi connectivity index (χ3v) is 2.58. The molecule has 0 aliphatic heterocycles. The molecule has 1 amide bonds. The van der Waals surface area contributed by atoms with Crippen molar-refractivity contribution in [3.05, 3.63) is 54.1 Å². The molecule has 3 heteroatoms. The molecule has 2 aromatic rings. The second kappa shape index (κ2) is 4.70. The molecule has 0 aliphatic carbocycles. The Kier molecular flexibility index (Phi) is 3.10. The maximum atomic E-state index is 11.4. The Bertz CT molecular complexity index is 535. The van der Waals surface area contributed by atoms with Crippen LogP contribution in [0.4, 0.5) is 0 Å². The summed E-state index contributed by atoms with van der Waals surface area (Å²) in [5.74, 6) is 0.168. The Morgan fingerprint density at radius 1 is 1.12 bits per heavy atom. The van der Waals surface area contributed by atoms with E-state index in [1.54, 1.807) is 13.2 Å². The Morgan fingerprint density at radius 3 is 2.41 bits per heavy atom. The third-order valence-electron chi connectivity index (χ3n) is 2.58. The number of methoxy groups -OCH3 is 1. The standard InChI is InChI=1S/C14H13NO2/c1-17-11-7-8-12(13(9-11)14(15)16)10-5-3-2-4-6-10/h2-9H,1H3,(H2,15,16). The molecule has 17 heavy (non-hydrogen) atoms. The molecule has 0 radical (unpaired) electrons. The maximum Gasteiger partial charge on any atom is 0.249 e. The molecule has 0 aliphatic rings. The van der Waals surface area contributed by atoms with Gasteiger partial charge in [0.1, 0.15) is 5.75 Å². The van der Waals surface area contributed by atoms with Crippen LogP contribution in [0.3, 0.4) is 0 Å². The fourth-order valence-corrected chi connectivity index (χ4v) is 1.72. The molecule has 0 aromatic heterocycles. The van der Waals surface area contributed by atoms with Crippen molar-refractivity contribution >= 4 is 5.91 Å². The number of amides is 1. The average Bonchev–Trinajstić information content (AvgIpc) is 2.39. The molecule has 2 aromatic carbocycles. The molecule has 0 saturated heterocycles. The number of carbonyl (C=O) groups excluding carboxylic acids is 1. The second-order valence-corrected chi connectivity index (χ2v) is 3.64. The van der Waals surface area contributed by atoms with Crippen LogP contribution >= 0.6 is 0 Å². The van der Waals surface area contributed by atoms with Gasteiger partial charge in [0.15, 0.2) is 0 Å². The van der Waals surface area contributed by atoms with Crippen LogP contribution in [-0.2, 0) is 0 Å². The summed E-state index contributed by atoms with van der Waals surface area (Å²) >= 11 is 0. The zero-order chi connectivity index (χ0) is 12.3. The monoisotopic (exact) mass is 227 g/mol. The van der Waals surface area contributed by atoms with Crippen molar-refractivity contribution < 1.29 is 9.53 Å². The van der Waals surface area contributed by atoms with E-state index in [-0.39, 0.29) is 0 Å². The first-order valence-corrected chi connectivity index (χ1v) is 5.25. The molecule has 3 nitrogen and oxygen atoms in total. The molecule has 2 rings (SSSR count). The Labute approximate surface area is 99.8 Å². The Morgan fingerprint density at radius 2 is 1.82 bits per heavy atom. The van der Waals surface area contributed by atoms with E-state index >= 15 is 0 Å². The zero-order valence-electron chi connectivity index (χ0n) is 9.51. The van der Waals surface area contributed by atoms with E-state index in [1.165, 1.54) is 0 Å². The van der Waals surface area contributed by atoms with Gasteiger partial charge in [-0.3, -0.25) is 4.79 Å². The van der Waals surface area contributed by atoms with Crippen molar-refractivity contribution in [2.24, 2.45) is 5.73 Å². The minimum absolute atomic E-state index is 0.456. The quantitative estimate of drug-likeness (QED) is 0.875. The normalized spacial score (nSPS) is 9.94. The van der Waals surface area contributed by atoms with E-state index in [2.05, 4.69) is 0 Å². The summed E-state index contributed by atoms with van der Waals surface area (Å²) in [5.41, 5.74) is 7.63. The molecule has 0 unspecified atom stereocenters. The highest BCUT2D eigenvalue weighted by molar-refractivity contribution is 6.00. The number of nitrogens with two attached hydrogens (primary N) is 1. The summed E-state index contributed by atoms with van der Waals surface area (Å²) in [6.45, 7) is 0. The number of hydrogen-bond acceptors (Lipinski definition) is 2. The van der Waals surface area contributed by atoms with Gasteiger partial charge in [0.2, 0.25) is 5.91 Å². The van der Waals surface area contributed by atoms with Crippen molar-refractivity contribution in [1.82, 2.24) is 0 Å². The van der Waals surface area contributed by atoms with Gasteiger partial charge in [-0.2, -0.15) is 0 Å². The van der Waals surface area contributed by atoms with E-state index in [1.807, 2.05) is 42.5 Å². The fourth-order valence-electron chi connectivity index (χ4n) is 1.72. The molecule has 0 atom stereocenters. The number of primary amides is 1. The van der Waals surface area contributed by atoms with E-state index in [0.29, 0.717) is 11.3 Å². The minimum Gasteiger partial charge on any atom is -0.497 e. The van der Waals surface area contributed by atoms with E-state index in [0.717, 1.165) is 11.1 Å². The van der Waals surface area contributed by atoms with E-state index < -0.39 is 5.91 Å². The van der Waals surface area contributed by atoms with E-state index in [4.69, 9.17) is 10.5 Å². The smallest absolute Gasteiger partial charge is 0.249 e. The Hall–Kier alpha value is -2.29. The first kappa shape index (κ1) is 11.2. The summed E-state index contributed by atoms with van der Waals surface area (Å²) in [4.78, 5) is 11.4. The van der Waals surface area contributed by atoms with Crippen LogP contribution in [0.15, 0.2) is 48.5 Å². The van der Waals surface area contributed by atoms with Crippen LogP contribution in [0, 0.1) is 0 Å². The molecule has 0 heterocycles. The number of rotatable bonds is 3. The van der Waals surface area contributed by atoms with Gasteiger partial charge in [-0.1, -0.05) is 30.3 Å². The van der Waals surface area contributed by atoms with Gasteiger partial charge in [0.05, 0.1) is 12.7 Å². The van der Waals surface area contributed by atoms with Crippen LogP contribution in [0.2, 0.25) is 0 Å². The minimum atomic E-state index is -0.456. The van der Waals surface area contributed by atoms with Crippen LogP contribution in [-0.4, -0.2) is 13.0 Å². The molecule has 0 spiro atoms. The highest BCUT2D eigenvalue weighted by atomic mass is 16.5. The van der Waals surface area contributed by atoms with Crippen LogP contribution in [0.25, 0.3) is 11.1 Å². The lowest BCUT2D eigenvalue weighted by atomic mass is 9.99. The predicted molar refractivity (Wildman–Crippen MR) is 66.9 cm³/mol. The number of carbonyl (C=O) groups is 1. The molecule has 2 N–H and O–H groups in total. The first-order chi connectivity index (χ1) is 8.22. The third kappa shape index (κ3) is 2.28. The topological polar surface area (TPSA) is 52.3 Å². The van der Waals surface area contributed by atoms with Crippen molar-refractivity contribution in [1.29, 1.82) is 0 Å². The lowest BCUT2D eigenvalue weighted by Gasteiger charge is -2.09. The molecule has 0 fully saturated rings. The van der Waals surface area contributed by atoms with Gasteiger partial charge < -0.3 is 10.5 Å². The Balaban J connectivity index is 2.58. The maximum absolute atomic E-state index is 11.4. The van der Waals surface area contributed by atoms with Crippen molar-refractivity contribution in [3.63, 3.8) is 0 Å². The first-order valence-electron chi connectivity index (χ1n) is 5.25. The largest absolute Gasteiger partial charge is 0.497 e. The molecular formula is C14H13NO2. The molecule has 0 saturated carbocycles. The molecule has 0 bridgehead atoms. The SMILES string of the molecule is COc1ccc(-c2ccccc2)c(C(N)=O)c1. The average molecular weight is 227 g/mol. The van der Waals surface area contributed by atoms with Crippen LogP contribution in [0.1, 0.15) is 10.4 Å². The van der Waals surface area contributed by atoms with Gasteiger partial charge in [0.25, 0.3) is 0 Å². The number of benzene rings is 2. The van der Waals surface area contributed by atoms with Gasteiger partial charge in [0, 0.05) is 0 Å². The van der Waals surface area contributed by atoms with Gasteiger partial charge >= 0.3 is 0 Å². The summed E-state index contributed by atoms with van der Waals surface area (Å²) in [5, 5.41) is 0. The van der Waals surface area contributed by atoms with Gasteiger partial charge in [-0.15, -0.1) is 0 Å². The fraction of sp³-hybridized carbons (Fsp3) is 0.0714. The van der Waals surface area contributed by atoms with Gasteiger partial charge in [-0.05, 0) is 29.3 Å². The summed E-state index contributed by atoms with van der Waals surface area (Å²) in [7, 11) is 1.56. The molecule has 86 valence electrons. The second-order valence-electron chi connectivity index (χ2n) is 3.64. The summed E-state index contributed by atoms with van der Waals surface area (Å²) in [6.07, 6.45) is 0. The number of hydrogen-bond donors (Lipinski definition) is 1. The van der Waals surface area contributed by atoms with Crippen LogP contribution in [0.5, 0.6) is 5.75 Å². The lowest BCUT2D eigenvalue weighted by molar-refractivity contribution is 0.100. The van der Waals surface area contributed by atoms with Crippen molar-refractivity contribution in [2.75, 3.05) is 7.11 Å². The highest BCUT2D eigenvalue weighted by Gasteiger charge is 2.10. The lowest BCUT2D eigenvalue weighted by Crippen LogP contribution is -2.12. The van der Waals surface area contributed by atoms with E-state index in [9.17, 15) is 4.79 Å². The van der Waals surface area contributed by atoms with Crippen LogP contribution < -0.4 is 10.5 Å². The zero-order valence-corrected chi connectivity index (χ0v) is 9.51. The molecular weight excluding hydrogens is 214 g/mol. The summed E-state index contributed by atoms with van der Waals surface area (Å²) in [6, 6.07) is 15.0. The highest BCUT2D eigenvalue weighted by Crippen LogP contribution is 2.26. The van der Waals surface area contributed by atoms with Gasteiger partial charge in [-0.25, -0.2) is 0 Å². The predicted octanol–water partition coefficient (Wildman–Crippen LogP) is 2.46. The van der Waals surface area contributed by atoms with Crippen molar-refractivity contribution in [3.8, 4) is 16.9 Å².